The Morgan fingerprint density at radius 1 is 1.20 bits per heavy atom. The van der Waals surface area contributed by atoms with E-state index in [1.807, 2.05) is 0 Å². The largest absolute Gasteiger partial charge is 0.302 e. The first-order valence-electron chi connectivity index (χ1n) is 8.46. The second-order valence-corrected chi connectivity index (χ2v) is 8.90. The molecule has 0 fully saturated rings. The van der Waals surface area contributed by atoms with Gasteiger partial charge in [-0.05, 0) is 19.9 Å². The van der Waals surface area contributed by atoms with Crippen molar-refractivity contribution >= 4 is 23.1 Å². The molecule has 0 bridgehead atoms. The monoisotopic (exact) mass is 372 g/mol. The molecule has 0 atom stereocenters. The van der Waals surface area contributed by atoms with Crippen LogP contribution in [0.1, 0.15) is 44.0 Å². The summed E-state index contributed by atoms with van der Waals surface area (Å²) in [5.41, 5.74) is 3.57. The lowest BCUT2D eigenvalue weighted by atomic mass is 9.98. The van der Waals surface area contributed by atoms with Gasteiger partial charge in [-0.15, -0.1) is 21.5 Å². The van der Waals surface area contributed by atoms with Crippen molar-refractivity contribution in [3.05, 3.63) is 45.9 Å². The molecule has 3 aromatic rings. The molecule has 1 aromatic carbocycles. The summed E-state index contributed by atoms with van der Waals surface area (Å²) >= 11 is 3.44. The Labute approximate surface area is 157 Å². The maximum absolute atomic E-state index is 4.77. The average Bonchev–Trinajstić information content (AvgIpc) is 3.19. The SMILES string of the molecule is CCn1c(SCc2csc(C(C)(C)C)n2)nnc1-c1cccc(C)c1. The number of benzene rings is 1. The quantitative estimate of drug-likeness (QED) is 0.569. The molecule has 132 valence electrons. The highest BCUT2D eigenvalue weighted by molar-refractivity contribution is 7.98. The van der Waals surface area contributed by atoms with Gasteiger partial charge in [0.1, 0.15) is 0 Å². The molecule has 0 aliphatic rings. The Kier molecular flexibility index (Phi) is 5.29. The van der Waals surface area contributed by atoms with Gasteiger partial charge < -0.3 is 4.57 Å². The van der Waals surface area contributed by atoms with Crippen molar-refractivity contribution in [3.63, 3.8) is 0 Å². The lowest BCUT2D eigenvalue weighted by Gasteiger charge is -2.13. The summed E-state index contributed by atoms with van der Waals surface area (Å²) in [7, 11) is 0. The molecular formula is C19H24N4S2. The molecule has 0 spiro atoms. The van der Waals surface area contributed by atoms with E-state index in [2.05, 4.69) is 79.0 Å². The molecule has 6 heteroatoms. The van der Waals surface area contributed by atoms with Crippen LogP contribution >= 0.6 is 23.1 Å². The number of aryl methyl sites for hydroxylation is 1. The van der Waals surface area contributed by atoms with Crippen LogP contribution in [0.15, 0.2) is 34.8 Å². The number of rotatable bonds is 5. The molecule has 0 aliphatic carbocycles. The van der Waals surface area contributed by atoms with E-state index in [1.54, 1.807) is 23.1 Å². The molecular weight excluding hydrogens is 348 g/mol. The topological polar surface area (TPSA) is 43.6 Å². The Morgan fingerprint density at radius 2 is 2.00 bits per heavy atom. The minimum Gasteiger partial charge on any atom is -0.302 e. The van der Waals surface area contributed by atoms with Gasteiger partial charge in [-0.1, -0.05) is 56.3 Å². The van der Waals surface area contributed by atoms with Crippen molar-refractivity contribution in [1.29, 1.82) is 0 Å². The fraction of sp³-hybridized carbons (Fsp3) is 0.421. The molecule has 0 radical (unpaired) electrons. The number of aromatic nitrogens is 4. The maximum atomic E-state index is 4.77. The van der Waals surface area contributed by atoms with E-state index in [0.717, 1.165) is 34.5 Å². The van der Waals surface area contributed by atoms with Gasteiger partial charge in [-0.2, -0.15) is 0 Å². The van der Waals surface area contributed by atoms with E-state index >= 15 is 0 Å². The zero-order chi connectivity index (χ0) is 18.0. The van der Waals surface area contributed by atoms with Crippen molar-refractivity contribution in [3.8, 4) is 11.4 Å². The third-order valence-electron chi connectivity index (χ3n) is 3.85. The van der Waals surface area contributed by atoms with E-state index < -0.39 is 0 Å². The fourth-order valence-corrected chi connectivity index (χ4v) is 4.44. The maximum Gasteiger partial charge on any atom is 0.191 e. The van der Waals surface area contributed by atoms with Gasteiger partial charge >= 0.3 is 0 Å². The molecule has 0 unspecified atom stereocenters. The van der Waals surface area contributed by atoms with Crippen LogP contribution in [0.2, 0.25) is 0 Å². The molecule has 0 saturated heterocycles. The third kappa shape index (κ3) is 4.12. The molecule has 0 saturated carbocycles. The normalized spacial score (nSPS) is 11.9. The molecule has 2 aromatic heterocycles. The van der Waals surface area contributed by atoms with Crippen molar-refractivity contribution in [2.75, 3.05) is 0 Å². The first-order valence-corrected chi connectivity index (χ1v) is 10.3. The second kappa shape index (κ2) is 7.30. The summed E-state index contributed by atoms with van der Waals surface area (Å²) in [6, 6.07) is 8.41. The smallest absolute Gasteiger partial charge is 0.191 e. The van der Waals surface area contributed by atoms with Gasteiger partial charge in [-0.3, -0.25) is 0 Å². The van der Waals surface area contributed by atoms with Gasteiger partial charge in [0.25, 0.3) is 0 Å². The van der Waals surface area contributed by atoms with Gasteiger partial charge in [0, 0.05) is 28.7 Å². The summed E-state index contributed by atoms with van der Waals surface area (Å²) in [5, 5.41) is 13.1. The van der Waals surface area contributed by atoms with Crippen LogP contribution in [0, 0.1) is 6.92 Å². The second-order valence-electron chi connectivity index (χ2n) is 7.10. The van der Waals surface area contributed by atoms with Crippen LogP contribution in [-0.4, -0.2) is 19.7 Å². The average molecular weight is 373 g/mol. The number of nitrogens with zero attached hydrogens (tertiary/aromatic N) is 4. The predicted octanol–water partition coefficient (Wildman–Crippen LogP) is 5.32. The standard InChI is InChI=1S/C19H24N4S2/c1-6-23-16(14-9-7-8-13(2)10-14)21-22-18(23)25-12-15-11-24-17(20-15)19(3,4)5/h7-11H,6,12H2,1-5H3. The molecule has 0 amide bonds. The Hall–Kier alpha value is -1.66. The van der Waals surface area contributed by atoms with Crippen LogP contribution in [0.4, 0.5) is 0 Å². The zero-order valence-electron chi connectivity index (χ0n) is 15.4. The molecule has 3 rings (SSSR count). The molecule has 0 N–H and O–H groups in total. The zero-order valence-corrected chi connectivity index (χ0v) is 17.0. The minimum absolute atomic E-state index is 0.107. The first-order chi connectivity index (χ1) is 11.9. The number of hydrogen-bond donors (Lipinski definition) is 0. The summed E-state index contributed by atoms with van der Waals surface area (Å²) in [6.07, 6.45) is 0. The summed E-state index contributed by atoms with van der Waals surface area (Å²) < 4.78 is 2.18. The van der Waals surface area contributed by atoms with Crippen LogP contribution < -0.4 is 0 Å². The molecule has 4 nitrogen and oxygen atoms in total. The summed E-state index contributed by atoms with van der Waals surface area (Å²) in [5.74, 6) is 1.75. The van der Waals surface area contributed by atoms with Crippen molar-refractivity contribution in [2.24, 2.45) is 0 Å². The predicted molar refractivity (Wildman–Crippen MR) is 106 cm³/mol. The van der Waals surface area contributed by atoms with E-state index in [4.69, 9.17) is 4.98 Å². The Morgan fingerprint density at radius 3 is 2.64 bits per heavy atom. The Bertz CT molecular complexity index is 858. The van der Waals surface area contributed by atoms with Gasteiger partial charge in [0.15, 0.2) is 11.0 Å². The lowest BCUT2D eigenvalue weighted by Crippen LogP contribution is -2.10. The van der Waals surface area contributed by atoms with Crippen LogP contribution in [0.25, 0.3) is 11.4 Å². The highest BCUT2D eigenvalue weighted by Crippen LogP contribution is 2.30. The Balaban J connectivity index is 1.78. The molecule has 0 aliphatic heterocycles. The van der Waals surface area contributed by atoms with Gasteiger partial charge in [-0.25, -0.2) is 4.98 Å². The van der Waals surface area contributed by atoms with E-state index in [-0.39, 0.29) is 5.41 Å². The van der Waals surface area contributed by atoms with Crippen molar-refractivity contribution in [2.45, 2.75) is 57.5 Å². The van der Waals surface area contributed by atoms with Crippen molar-refractivity contribution < 1.29 is 0 Å². The molecule has 25 heavy (non-hydrogen) atoms. The third-order valence-corrected chi connectivity index (χ3v) is 6.17. The minimum atomic E-state index is 0.107. The van der Waals surface area contributed by atoms with E-state index in [0.29, 0.717) is 0 Å². The fourth-order valence-electron chi connectivity index (χ4n) is 2.53. The summed E-state index contributed by atoms with van der Waals surface area (Å²) in [4.78, 5) is 4.77. The first kappa shape index (κ1) is 18.1. The van der Waals surface area contributed by atoms with Gasteiger partial charge in [0.05, 0.1) is 10.7 Å². The van der Waals surface area contributed by atoms with Crippen molar-refractivity contribution in [1.82, 2.24) is 19.7 Å². The lowest BCUT2D eigenvalue weighted by molar-refractivity contribution is 0.584. The van der Waals surface area contributed by atoms with E-state index in [9.17, 15) is 0 Å². The summed E-state index contributed by atoms with van der Waals surface area (Å²) in [6.45, 7) is 11.7. The number of thiazole rings is 1. The van der Waals surface area contributed by atoms with Crippen LogP contribution in [0.5, 0.6) is 0 Å². The van der Waals surface area contributed by atoms with Gasteiger partial charge in [0.2, 0.25) is 0 Å². The van der Waals surface area contributed by atoms with Crippen LogP contribution in [0.3, 0.4) is 0 Å². The van der Waals surface area contributed by atoms with E-state index in [1.165, 1.54) is 10.6 Å². The number of hydrogen-bond acceptors (Lipinski definition) is 5. The highest BCUT2D eigenvalue weighted by Gasteiger charge is 2.19. The number of thioether (sulfide) groups is 1. The van der Waals surface area contributed by atoms with Crippen LogP contribution in [-0.2, 0) is 17.7 Å². The highest BCUT2D eigenvalue weighted by atomic mass is 32.2. The molecule has 2 heterocycles.